The van der Waals surface area contributed by atoms with Crippen molar-refractivity contribution in [2.24, 2.45) is 5.10 Å². The first-order chi connectivity index (χ1) is 12.5. The van der Waals surface area contributed by atoms with Crippen LogP contribution in [-0.2, 0) is 6.61 Å². The predicted molar refractivity (Wildman–Crippen MR) is 106 cm³/mol. The van der Waals surface area contributed by atoms with Crippen molar-refractivity contribution in [3.8, 4) is 11.5 Å². The molecule has 0 spiro atoms. The Morgan fingerprint density at radius 1 is 1.31 bits per heavy atom. The fourth-order valence-corrected chi connectivity index (χ4v) is 2.53. The maximum absolute atomic E-state index is 13.0. The van der Waals surface area contributed by atoms with Crippen LogP contribution in [0.1, 0.15) is 18.1 Å². The van der Waals surface area contributed by atoms with E-state index >= 15 is 0 Å². The lowest BCUT2D eigenvalue weighted by molar-refractivity contribution is 0.284. The molecule has 2 aromatic rings. The molecule has 0 atom stereocenters. The Labute approximate surface area is 162 Å². The quantitative estimate of drug-likeness (QED) is 0.423. The van der Waals surface area contributed by atoms with E-state index in [1.54, 1.807) is 30.5 Å². The fraction of sp³-hybridized carbons (Fsp3) is 0.222. The van der Waals surface area contributed by atoms with Gasteiger partial charge in [0.05, 0.1) is 18.3 Å². The van der Waals surface area contributed by atoms with E-state index in [1.165, 1.54) is 19.2 Å². The summed E-state index contributed by atoms with van der Waals surface area (Å²) in [6.45, 7) is 2.89. The highest BCUT2D eigenvalue weighted by atomic mass is 35.5. The zero-order valence-electron chi connectivity index (χ0n) is 14.4. The van der Waals surface area contributed by atoms with Gasteiger partial charge >= 0.3 is 0 Å². The minimum atomic E-state index is -0.296. The van der Waals surface area contributed by atoms with Crippen molar-refractivity contribution in [1.29, 1.82) is 0 Å². The maximum Gasteiger partial charge on any atom is 0.186 e. The Morgan fingerprint density at radius 3 is 2.69 bits per heavy atom. The standard InChI is InChI=1S/C18H19ClFN3O2S/c1-3-21-18(26)23-22-10-13-8-15(19)17(16(9-13)24-2)25-11-12-4-6-14(20)7-5-12/h4-10H,3,11H2,1-2H3,(H2,21,23,26). The van der Waals surface area contributed by atoms with Crippen molar-refractivity contribution in [1.82, 2.24) is 10.7 Å². The molecule has 5 nitrogen and oxygen atoms in total. The molecule has 0 aliphatic carbocycles. The molecular formula is C18H19ClFN3O2S. The molecule has 0 radical (unpaired) electrons. The van der Waals surface area contributed by atoms with Crippen LogP contribution in [0.15, 0.2) is 41.5 Å². The monoisotopic (exact) mass is 395 g/mol. The highest BCUT2D eigenvalue weighted by molar-refractivity contribution is 7.80. The van der Waals surface area contributed by atoms with Crippen LogP contribution >= 0.6 is 23.8 Å². The number of thiocarbonyl (C=S) groups is 1. The van der Waals surface area contributed by atoms with Gasteiger partial charge in [-0.2, -0.15) is 5.10 Å². The molecule has 0 aromatic heterocycles. The molecule has 26 heavy (non-hydrogen) atoms. The fourth-order valence-electron chi connectivity index (χ4n) is 2.06. The highest BCUT2D eigenvalue weighted by Gasteiger charge is 2.12. The van der Waals surface area contributed by atoms with Crippen LogP contribution in [0.25, 0.3) is 0 Å². The van der Waals surface area contributed by atoms with E-state index in [4.69, 9.17) is 33.3 Å². The second-order valence-electron chi connectivity index (χ2n) is 5.18. The van der Waals surface area contributed by atoms with Crippen LogP contribution in [0.2, 0.25) is 5.02 Å². The zero-order chi connectivity index (χ0) is 18.9. The molecule has 2 aromatic carbocycles. The molecular weight excluding hydrogens is 377 g/mol. The van der Waals surface area contributed by atoms with Gasteiger partial charge in [-0.3, -0.25) is 5.43 Å². The third-order valence-corrected chi connectivity index (χ3v) is 3.78. The predicted octanol–water partition coefficient (Wildman–Crippen LogP) is 3.88. The number of nitrogens with one attached hydrogen (secondary N) is 2. The van der Waals surface area contributed by atoms with Crippen LogP contribution in [0.4, 0.5) is 4.39 Å². The first-order valence-electron chi connectivity index (χ1n) is 7.85. The van der Waals surface area contributed by atoms with Gasteiger partial charge in [0.2, 0.25) is 0 Å². The molecule has 0 aliphatic rings. The van der Waals surface area contributed by atoms with Crippen LogP contribution in [0.5, 0.6) is 11.5 Å². The van der Waals surface area contributed by atoms with Gasteiger partial charge in [0, 0.05) is 6.54 Å². The van der Waals surface area contributed by atoms with E-state index < -0.39 is 0 Å². The average Bonchev–Trinajstić information content (AvgIpc) is 2.62. The summed E-state index contributed by atoms with van der Waals surface area (Å²) >= 11 is 11.3. The largest absolute Gasteiger partial charge is 0.493 e. The summed E-state index contributed by atoms with van der Waals surface area (Å²) in [5.74, 6) is 0.581. The van der Waals surface area contributed by atoms with E-state index in [0.29, 0.717) is 33.7 Å². The molecule has 0 fully saturated rings. The lowest BCUT2D eigenvalue weighted by Gasteiger charge is -2.13. The number of rotatable bonds is 7. The van der Waals surface area contributed by atoms with E-state index in [1.807, 2.05) is 6.92 Å². The number of hydrogen-bond donors (Lipinski definition) is 2. The second kappa shape index (κ2) is 9.94. The molecule has 0 bridgehead atoms. The third-order valence-electron chi connectivity index (χ3n) is 3.27. The summed E-state index contributed by atoms with van der Waals surface area (Å²) in [5.41, 5.74) is 4.23. The molecule has 0 amide bonds. The van der Waals surface area contributed by atoms with Gasteiger partial charge in [0.1, 0.15) is 12.4 Å². The van der Waals surface area contributed by atoms with Crippen LogP contribution in [0.3, 0.4) is 0 Å². The highest BCUT2D eigenvalue weighted by Crippen LogP contribution is 2.36. The van der Waals surface area contributed by atoms with Crippen molar-refractivity contribution in [2.75, 3.05) is 13.7 Å². The minimum absolute atomic E-state index is 0.238. The van der Waals surface area contributed by atoms with Gasteiger partial charge in [-0.1, -0.05) is 23.7 Å². The molecule has 8 heteroatoms. The Morgan fingerprint density at radius 2 is 2.04 bits per heavy atom. The van der Waals surface area contributed by atoms with E-state index in [-0.39, 0.29) is 12.4 Å². The SMILES string of the molecule is CCNC(=S)NN=Cc1cc(Cl)c(OCc2ccc(F)cc2)c(OC)c1. The van der Waals surface area contributed by atoms with Crippen LogP contribution in [0, 0.1) is 5.82 Å². The first kappa shape index (κ1) is 19.9. The lowest BCUT2D eigenvalue weighted by Crippen LogP contribution is -2.31. The molecule has 0 aliphatic heterocycles. The summed E-state index contributed by atoms with van der Waals surface area (Å²) in [5, 5.41) is 7.77. The third kappa shape index (κ3) is 5.86. The first-order valence-corrected chi connectivity index (χ1v) is 8.63. The lowest BCUT2D eigenvalue weighted by atomic mass is 10.2. The number of methoxy groups -OCH3 is 1. The summed E-state index contributed by atoms with van der Waals surface area (Å²) in [6.07, 6.45) is 1.57. The average molecular weight is 396 g/mol. The summed E-state index contributed by atoms with van der Waals surface area (Å²) in [4.78, 5) is 0. The molecule has 2 N–H and O–H groups in total. The van der Waals surface area contributed by atoms with Gasteiger partial charge in [0.25, 0.3) is 0 Å². The molecule has 138 valence electrons. The molecule has 0 saturated carbocycles. The Hall–Kier alpha value is -2.38. The number of nitrogens with zero attached hydrogens (tertiary/aromatic N) is 1. The van der Waals surface area contributed by atoms with E-state index in [9.17, 15) is 4.39 Å². The summed E-state index contributed by atoms with van der Waals surface area (Å²) < 4.78 is 24.1. The van der Waals surface area contributed by atoms with Crippen molar-refractivity contribution in [3.63, 3.8) is 0 Å². The van der Waals surface area contributed by atoms with Crippen molar-refractivity contribution < 1.29 is 13.9 Å². The van der Waals surface area contributed by atoms with Gasteiger partial charge < -0.3 is 14.8 Å². The van der Waals surface area contributed by atoms with E-state index in [2.05, 4.69) is 15.8 Å². The number of benzene rings is 2. The van der Waals surface area contributed by atoms with Crippen molar-refractivity contribution in [2.45, 2.75) is 13.5 Å². The topological polar surface area (TPSA) is 54.9 Å². The van der Waals surface area contributed by atoms with Gasteiger partial charge in [-0.15, -0.1) is 0 Å². The zero-order valence-corrected chi connectivity index (χ0v) is 16.0. The number of hydrogen-bond acceptors (Lipinski definition) is 4. The Bertz CT molecular complexity index is 785. The van der Waals surface area contributed by atoms with E-state index in [0.717, 1.165) is 5.56 Å². The van der Waals surface area contributed by atoms with Crippen molar-refractivity contribution >= 4 is 35.1 Å². The Kier molecular flexibility index (Phi) is 7.62. The molecule has 0 saturated heterocycles. The summed E-state index contributed by atoms with van der Waals surface area (Å²) in [6, 6.07) is 9.49. The molecule has 0 unspecified atom stereocenters. The van der Waals surface area contributed by atoms with Crippen LogP contribution < -0.4 is 20.2 Å². The number of halogens is 2. The van der Waals surface area contributed by atoms with Gasteiger partial charge in [0.15, 0.2) is 16.6 Å². The molecule has 2 rings (SSSR count). The van der Waals surface area contributed by atoms with Crippen molar-refractivity contribution in [3.05, 3.63) is 58.4 Å². The minimum Gasteiger partial charge on any atom is -0.493 e. The maximum atomic E-state index is 13.0. The van der Waals surface area contributed by atoms with Gasteiger partial charge in [-0.25, -0.2) is 4.39 Å². The smallest absolute Gasteiger partial charge is 0.186 e. The molecule has 0 heterocycles. The van der Waals surface area contributed by atoms with Crippen LogP contribution in [-0.4, -0.2) is 25.0 Å². The normalized spacial score (nSPS) is 10.6. The van der Waals surface area contributed by atoms with Gasteiger partial charge in [-0.05, 0) is 54.5 Å². The Balaban J connectivity index is 2.09. The summed E-state index contributed by atoms with van der Waals surface area (Å²) in [7, 11) is 1.52. The number of hydrazone groups is 1. The second-order valence-corrected chi connectivity index (χ2v) is 5.99. The number of ether oxygens (including phenoxy) is 2.